The first-order chi connectivity index (χ1) is 7.20. The van der Waals surface area contributed by atoms with E-state index in [1.54, 1.807) is 0 Å². The van der Waals surface area contributed by atoms with E-state index in [9.17, 15) is 0 Å². The molecule has 0 aliphatic rings. The lowest BCUT2D eigenvalue weighted by atomic mass is 10.0. The van der Waals surface area contributed by atoms with Crippen molar-refractivity contribution in [3.8, 4) is 0 Å². The van der Waals surface area contributed by atoms with Crippen molar-refractivity contribution in [2.24, 2.45) is 5.73 Å². The molecule has 0 radical (unpaired) electrons. The normalized spacial score (nSPS) is 13.5. The number of nitrogens with zero attached hydrogens (tertiary/aromatic N) is 1. The molecule has 0 amide bonds. The van der Waals surface area contributed by atoms with E-state index in [2.05, 4.69) is 49.9 Å². The van der Waals surface area contributed by atoms with Gasteiger partial charge in [0.05, 0.1) is 0 Å². The van der Waals surface area contributed by atoms with Gasteiger partial charge in [-0.3, -0.25) is 4.90 Å². The maximum absolute atomic E-state index is 5.88. The lowest BCUT2D eigenvalue weighted by Crippen LogP contribution is -2.38. The largest absolute Gasteiger partial charge is 0.329 e. The van der Waals surface area contributed by atoms with Crippen LogP contribution in [0.5, 0.6) is 0 Å². The minimum atomic E-state index is 0.344. The predicted molar refractivity (Wildman–Crippen MR) is 65.8 cm³/mol. The van der Waals surface area contributed by atoms with Crippen molar-refractivity contribution in [3.05, 3.63) is 35.9 Å². The van der Waals surface area contributed by atoms with Crippen LogP contribution in [-0.2, 0) is 0 Å². The van der Waals surface area contributed by atoms with Gasteiger partial charge in [0.2, 0.25) is 0 Å². The lowest BCUT2D eigenvalue weighted by Gasteiger charge is -2.33. The Bertz CT molecular complexity index is 269. The molecule has 0 bridgehead atoms. The minimum Gasteiger partial charge on any atom is -0.329 e. The Morgan fingerprint density at radius 1 is 1.20 bits per heavy atom. The Hall–Kier alpha value is -0.860. The van der Waals surface area contributed by atoms with Crippen LogP contribution in [0.25, 0.3) is 0 Å². The Morgan fingerprint density at radius 3 is 2.20 bits per heavy atom. The first kappa shape index (κ1) is 12.2. The summed E-state index contributed by atoms with van der Waals surface area (Å²) >= 11 is 0. The van der Waals surface area contributed by atoms with Crippen LogP contribution in [0, 0.1) is 0 Å². The third-order valence-electron chi connectivity index (χ3n) is 2.84. The molecule has 2 N–H and O–H groups in total. The fourth-order valence-corrected chi connectivity index (χ4v) is 2.08. The van der Waals surface area contributed by atoms with Crippen LogP contribution in [0.3, 0.4) is 0 Å². The van der Waals surface area contributed by atoms with Crippen LogP contribution in [-0.4, -0.2) is 24.0 Å². The number of benzene rings is 1. The van der Waals surface area contributed by atoms with Gasteiger partial charge in [-0.15, -0.1) is 0 Å². The maximum atomic E-state index is 5.88. The zero-order valence-corrected chi connectivity index (χ0v) is 9.98. The van der Waals surface area contributed by atoms with Gasteiger partial charge < -0.3 is 5.73 Å². The fourth-order valence-electron chi connectivity index (χ4n) is 2.08. The zero-order chi connectivity index (χ0) is 11.3. The lowest BCUT2D eigenvalue weighted by molar-refractivity contribution is 0.166. The zero-order valence-electron chi connectivity index (χ0n) is 9.98. The SMILES string of the molecule is CCN(C(C)C)C(CN)c1ccccc1. The van der Waals surface area contributed by atoms with E-state index in [4.69, 9.17) is 5.73 Å². The van der Waals surface area contributed by atoms with Crippen LogP contribution in [0.4, 0.5) is 0 Å². The summed E-state index contributed by atoms with van der Waals surface area (Å²) in [5.74, 6) is 0. The molecule has 2 heteroatoms. The van der Waals surface area contributed by atoms with Crippen LogP contribution in [0.1, 0.15) is 32.4 Å². The summed E-state index contributed by atoms with van der Waals surface area (Å²) in [7, 11) is 0. The predicted octanol–water partition coefficient (Wildman–Crippen LogP) is 2.42. The molecular weight excluding hydrogens is 184 g/mol. The summed E-state index contributed by atoms with van der Waals surface area (Å²) in [6, 6.07) is 11.4. The van der Waals surface area contributed by atoms with Gasteiger partial charge in [0.25, 0.3) is 0 Å². The van der Waals surface area contributed by atoms with E-state index < -0.39 is 0 Å². The Labute approximate surface area is 93.1 Å². The molecule has 1 aromatic rings. The van der Waals surface area contributed by atoms with E-state index in [0.717, 1.165) is 6.54 Å². The van der Waals surface area contributed by atoms with E-state index in [-0.39, 0.29) is 0 Å². The first-order valence-electron chi connectivity index (χ1n) is 5.71. The Balaban J connectivity index is 2.87. The molecule has 0 aliphatic carbocycles. The Morgan fingerprint density at radius 2 is 1.80 bits per heavy atom. The van der Waals surface area contributed by atoms with Crippen LogP contribution < -0.4 is 5.73 Å². The van der Waals surface area contributed by atoms with Gasteiger partial charge in [-0.1, -0.05) is 37.3 Å². The summed E-state index contributed by atoms with van der Waals surface area (Å²) in [6.45, 7) is 8.33. The highest BCUT2D eigenvalue weighted by molar-refractivity contribution is 5.19. The number of rotatable bonds is 5. The van der Waals surface area contributed by atoms with Crippen molar-refractivity contribution in [3.63, 3.8) is 0 Å². The molecule has 0 fully saturated rings. The second kappa shape index (κ2) is 5.89. The molecule has 0 heterocycles. The molecule has 1 rings (SSSR count). The average molecular weight is 206 g/mol. The third-order valence-corrected chi connectivity index (χ3v) is 2.84. The quantitative estimate of drug-likeness (QED) is 0.801. The molecule has 1 unspecified atom stereocenters. The average Bonchev–Trinajstić information content (AvgIpc) is 2.26. The highest BCUT2D eigenvalue weighted by Gasteiger charge is 2.19. The number of hydrogen-bond donors (Lipinski definition) is 1. The molecular formula is C13H22N2. The molecule has 84 valence electrons. The summed E-state index contributed by atoms with van der Waals surface area (Å²) < 4.78 is 0. The first-order valence-corrected chi connectivity index (χ1v) is 5.71. The minimum absolute atomic E-state index is 0.344. The van der Waals surface area contributed by atoms with E-state index in [1.165, 1.54) is 5.56 Å². The molecule has 1 atom stereocenters. The molecule has 1 aromatic carbocycles. The Kier molecular flexibility index (Phi) is 4.79. The summed E-state index contributed by atoms with van der Waals surface area (Å²) in [5.41, 5.74) is 7.19. The molecule has 0 saturated heterocycles. The van der Waals surface area contributed by atoms with Gasteiger partial charge in [-0.05, 0) is 26.0 Å². The van der Waals surface area contributed by atoms with Crippen molar-refractivity contribution in [1.82, 2.24) is 4.90 Å². The molecule has 0 saturated carbocycles. The summed E-state index contributed by atoms with van der Waals surface area (Å²) in [4.78, 5) is 2.43. The molecule has 0 aliphatic heterocycles. The fraction of sp³-hybridized carbons (Fsp3) is 0.538. The summed E-state index contributed by atoms with van der Waals surface area (Å²) in [6.07, 6.45) is 0. The molecule has 0 spiro atoms. The number of nitrogens with two attached hydrogens (primary N) is 1. The molecule has 2 nitrogen and oxygen atoms in total. The molecule has 0 aromatic heterocycles. The van der Waals surface area contributed by atoms with Gasteiger partial charge in [0, 0.05) is 18.6 Å². The second-order valence-electron chi connectivity index (χ2n) is 4.09. The third kappa shape index (κ3) is 3.05. The number of likely N-dealkylation sites (N-methyl/N-ethyl adjacent to an activating group) is 1. The van der Waals surface area contributed by atoms with Crippen molar-refractivity contribution in [2.45, 2.75) is 32.9 Å². The monoisotopic (exact) mass is 206 g/mol. The second-order valence-corrected chi connectivity index (χ2v) is 4.09. The highest BCUT2D eigenvalue weighted by atomic mass is 15.2. The van der Waals surface area contributed by atoms with Crippen molar-refractivity contribution < 1.29 is 0 Å². The van der Waals surface area contributed by atoms with Gasteiger partial charge >= 0.3 is 0 Å². The van der Waals surface area contributed by atoms with E-state index in [0.29, 0.717) is 18.6 Å². The number of hydrogen-bond acceptors (Lipinski definition) is 2. The van der Waals surface area contributed by atoms with Crippen LogP contribution >= 0.6 is 0 Å². The van der Waals surface area contributed by atoms with Gasteiger partial charge in [0.1, 0.15) is 0 Å². The van der Waals surface area contributed by atoms with Crippen molar-refractivity contribution in [2.75, 3.05) is 13.1 Å². The highest BCUT2D eigenvalue weighted by Crippen LogP contribution is 2.21. The smallest absolute Gasteiger partial charge is 0.0473 e. The van der Waals surface area contributed by atoms with Gasteiger partial charge in [-0.2, -0.15) is 0 Å². The van der Waals surface area contributed by atoms with Gasteiger partial charge in [-0.25, -0.2) is 0 Å². The molecule has 15 heavy (non-hydrogen) atoms. The van der Waals surface area contributed by atoms with Crippen molar-refractivity contribution in [1.29, 1.82) is 0 Å². The van der Waals surface area contributed by atoms with Crippen molar-refractivity contribution >= 4 is 0 Å². The van der Waals surface area contributed by atoms with E-state index in [1.807, 2.05) is 6.07 Å². The topological polar surface area (TPSA) is 29.3 Å². The summed E-state index contributed by atoms with van der Waals surface area (Å²) in [5, 5.41) is 0. The maximum Gasteiger partial charge on any atom is 0.0473 e. The van der Waals surface area contributed by atoms with Crippen LogP contribution in [0.2, 0.25) is 0 Å². The van der Waals surface area contributed by atoms with Gasteiger partial charge in [0.15, 0.2) is 0 Å². The standard InChI is InChI=1S/C13H22N2/c1-4-15(11(2)3)13(10-14)12-8-6-5-7-9-12/h5-9,11,13H,4,10,14H2,1-3H3. The van der Waals surface area contributed by atoms with Crippen LogP contribution in [0.15, 0.2) is 30.3 Å². The van der Waals surface area contributed by atoms with E-state index >= 15 is 0 Å².